The molecule has 0 radical (unpaired) electrons. The van der Waals surface area contributed by atoms with Crippen LogP contribution in [-0.2, 0) is 4.74 Å². The molecule has 1 aliphatic rings. The molecule has 0 aromatic heterocycles. The van der Waals surface area contributed by atoms with Crippen molar-refractivity contribution in [3.8, 4) is 22.6 Å². The number of rotatable bonds is 5. The van der Waals surface area contributed by atoms with Gasteiger partial charge in [0.1, 0.15) is 12.7 Å². The Kier molecular flexibility index (Phi) is 5.61. The van der Waals surface area contributed by atoms with Crippen molar-refractivity contribution in [2.45, 2.75) is 13.0 Å². The minimum atomic E-state index is 0.0590. The van der Waals surface area contributed by atoms with E-state index >= 15 is 0 Å². The molecule has 1 heterocycles. The summed E-state index contributed by atoms with van der Waals surface area (Å²) in [4.78, 5) is 0. The van der Waals surface area contributed by atoms with Crippen LogP contribution in [-0.4, -0.2) is 39.5 Å². The molecule has 5 heteroatoms. The fourth-order valence-corrected chi connectivity index (χ4v) is 2.99. The molecule has 2 aromatic rings. The summed E-state index contributed by atoms with van der Waals surface area (Å²) < 4.78 is 17.3. The van der Waals surface area contributed by atoms with Gasteiger partial charge in [-0.1, -0.05) is 29.8 Å². The third-order valence-electron chi connectivity index (χ3n) is 4.10. The van der Waals surface area contributed by atoms with E-state index in [1.807, 2.05) is 36.4 Å². The molecular formula is C19H22ClNO3. The molecule has 1 saturated heterocycles. The Labute approximate surface area is 147 Å². The van der Waals surface area contributed by atoms with Gasteiger partial charge in [-0.05, 0) is 36.2 Å². The summed E-state index contributed by atoms with van der Waals surface area (Å²) in [5.41, 5.74) is 3.20. The monoisotopic (exact) mass is 347 g/mol. The number of hydrogen-bond donors (Lipinski definition) is 1. The van der Waals surface area contributed by atoms with Crippen molar-refractivity contribution in [2.24, 2.45) is 0 Å². The summed E-state index contributed by atoms with van der Waals surface area (Å²) in [6.07, 6.45) is 0.0590. The Balaban J connectivity index is 1.87. The highest BCUT2D eigenvalue weighted by atomic mass is 35.5. The maximum Gasteiger partial charge on any atom is 0.168 e. The lowest BCUT2D eigenvalue weighted by molar-refractivity contribution is -0.000250. The fraction of sp³-hybridized carbons (Fsp3) is 0.368. The van der Waals surface area contributed by atoms with E-state index in [0.717, 1.165) is 47.9 Å². The normalized spacial score (nSPS) is 17.5. The van der Waals surface area contributed by atoms with E-state index in [4.69, 9.17) is 25.8 Å². The molecule has 128 valence electrons. The van der Waals surface area contributed by atoms with Crippen LogP contribution in [0.2, 0.25) is 5.02 Å². The molecule has 1 aliphatic heterocycles. The summed E-state index contributed by atoms with van der Waals surface area (Å²) in [7, 11) is 1.67. The molecule has 1 atom stereocenters. The van der Waals surface area contributed by atoms with E-state index in [1.54, 1.807) is 7.11 Å². The van der Waals surface area contributed by atoms with Crippen molar-refractivity contribution in [3.63, 3.8) is 0 Å². The average Bonchev–Trinajstić information content (AvgIpc) is 2.62. The molecule has 0 saturated carbocycles. The van der Waals surface area contributed by atoms with Crippen LogP contribution in [0.5, 0.6) is 11.5 Å². The molecule has 0 spiro atoms. The van der Waals surface area contributed by atoms with Gasteiger partial charge < -0.3 is 19.5 Å². The van der Waals surface area contributed by atoms with Crippen LogP contribution in [0.15, 0.2) is 36.4 Å². The topological polar surface area (TPSA) is 39.7 Å². The predicted octanol–water partition coefficient (Wildman–Crippen LogP) is 3.69. The van der Waals surface area contributed by atoms with Crippen LogP contribution in [0, 0.1) is 6.92 Å². The van der Waals surface area contributed by atoms with Crippen molar-refractivity contribution >= 4 is 11.6 Å². The van der Waals surface area contributed by atoms with Gasteiger partial charge in [0, 0.05) is 23.7 Å². The quantitative estimate of drug-likeness (QED) is 0.895. The second-order valence-electron chi connectivity index (χ2n) is 5.80. The predicted molar refractivity (Wildman–Crippen MR) is 96.3 cm³/mol. The highest BCUT2D eigenvalue weighted by Gasteiger charge is 2.18. The van der Waals surface area contributed by atoms with Gasteiger partial charge in [-0.25, -0.2) is 0 Å². The van der Waals surface area contributed by atoms with Gasteiger partial charge in [-0.2, -0.15) is 0 Å². The van der Waals surface area contributed by atoms with Gasteiger partial charge in [-0.3, -0.25) is 0 Å². The third-order valence-corrected chi connectivity index (χ3v) is 4.35. The first-order valence-corrected chi connectivity index (χ1v) is 8.45. The molecule has 0 aliphatic carbocycles. The number of aryl methyl sites for hydroxylation is 1. The minimum absolute atomic E-state index is 0.0590. The van der Waals surface area contributed by atoms with Crippen LogP contribution in [0.1, 0.15) is 5.56 Å². The Morgan fingerprint density at radius 1 is 1.21 bits per heavy atom. The first-order valence-electron chi connectivity index (χ1n) is 8.07. The largest absolute Gasteiger partial charge is 0.492 e. The number of hydrogen-bond acceptors (Lipinski definition) is 4. The van der Waals surface area contributed by atoms with Crippen LogP contribution >= 0.6 is 11.6 Å². The van der Waals surface area contributed by atoms with Gasteiger partial charge in [-0.15, -0.1) is 0 Å². The number of benzene rings is 2. The molecule has 3 rings (SSSR count). The highest BCUT2D eigenvalue weighted by Crippen LogP contribution is 2.40. The summed E-state index contributed by atoms with van der Waals surface area (Å²) in [5.74, 6) is 1.46. The van der Waals surface area contributed by atoms with E-state index in [2.05, 4.69) is 12.2 Å². The molecule has 0 unspecified atom stereocenters. The van der Waals surface area contributed by atoms with E-state index in [-0.39, 0.29) is 6.10 Å². The molecule has 0 amide bonds. The molecule has 4 nitrogen and oxygen atoms in total. The zero-order chi connectivity index (χ0) is 16.9. The van der Waals surface area contributed by atoms with E-state index in [0.29, 0.717) is 11.6 Å². The van der Waals surface area contributed by atoms with Gasteiger partial charge in [0.15, 0.2) is 11.5 Å². The lowest BCUT2D eigenvalue weighted by atomic mass is 9.99. The zero-order valence-electron chi connectivity index (χ0n) is 14.0. The first-order chi connectivity index (χ1) is 11.7. The average molecular weight is 348 g/mol. The second-order valence-corrected chi connectivity index (χ2v) is 6.24. The maximum absolute atomic E-state index is 6.00. The van der Waals surface area contributed by atoms with Gasteiger partial charge in [0.2, 0.25) is 0 Å². The number of halogens is 1. The van der Waals surface area contributed by atoms with Crippen LogP contribution in [0.25, 0.3) is 11.1 Å². The van der Waals surface area contributed by atoms with E-state index < -0.39 is 0 Å². The van der Waals surface area contributed by atoms with Crippen molar-refractivity contribution in [1.82, 2.24) is 5.32 Å². The number of methoxy groups -OCH3 is 1. The number of morpholine rings is 1. The number of nitrogens with one attached hydrogen (secondary N) is 1. The van der Waals surface area contributed by atoms with Crippen molar-refractivity contribution in [2.75, 3.05) is 33.4 Å². The molecule has 2 aromatic carbocycles. The Hall–Kier alpha value is -1.75. The Morgan fingerprint density at radius 2 is 2.00 bits per heavy atom. The molecule has 24 heavy (non-hydrogen) atoms. The molecule has 1 fully saturated rings. The highest BCUT2D eigenvalue weighted by molar-refractivity contribution is 6.30. The summed E-state index contributed by atoms with van der Waals surface area (Å²) in [6, 6.07) is 11.7. The van der Waals surface area contributed by atoms with Crippen LogP contribution < -0.4 is 14.8 Å². The fourth-order valence-electron chi connectivity index (χ4n) is 2.86. The van der Waals surface area contributed by atoms with Crippen molar-refractivity contribution < 1.29 is 14.2 Å². The summed E-state index contributed by atoms with van der Waals surface area (Å²) in [5, 5.41) is 4.02. The second kappa shape index (κ2) is 7.88. The maximum atomic E-state index is 6.00. The molecule has 1 N–H and O–H groups in total. The van der Waals surface area contributed by atoms with Crippen LogP contribution in [0.4, 0.5) is 0 Å². The Morgan fingerprint density at radius 3 is 2.67 bits per heavy atom. The zero-order valence-corrected chi connectivity index (χ0v) is 14.7. The standard InChI is InChI=1S/C19H22ClNO3/c1-13-3-8-17(24-12-16-11-21-9-10-23-16)19(22-2)18(13)14-4-6-15(20)7-5-14/h3-8,16,21H,9-12H2,1-2H3/t16-/m0/s1. The first kappa shape index (κ1) is 17.1. The van der Waals surface area contributed by atoms with Gasteiger partial charge in [0.05, 0.1) is 13.7 Å². The molecular weight excluding hydrogens is 326 g/mol. The van der Waals surface area contributed by atoms with Crippen LogP contribution in [0.3, 0.4) is 0 Å². The summed E-state index contributed by atoms with van der Waals surface area (Å²) in [6.45, 7) is 4.97. The van der Waals surface area contributed by atoms with Crippen molar-refractivity contribution in [1.29, 1.82) is 0 Å². The Bertz CT molecular complexity index is 682. The lowest BCUT2D eigenvalue weighted by Crippen LogP contribution is -2.41. The molecule has 0 bridgehead atoms. The SMILES string of the molecule is COc1c(OC[C@@H]2CNCCO2)ccc(C)c1-c1ccc(Cl)cc1. The van der Waals surface area contributed by atoms with E-state index in [1.165, 1.54) is 0 Å². The summed E-state index contributed by atoms with van der Waals surface area (Å²) >= 11 is 6.00. The van der Waals surface area contributed by atoms with Gasteiger partial charge >= 0.3 is 0 Å². The third kappa shape index (κ3) is 3.83. The lowest BCUT2D eigenvalue weighted by Gasteiger charge is -2.24. The minimum Gasteiger partial charge on any atom is -0.492 e. The van der Waals surface area contributed by atoms with Crippen molar-refractivity contribution in [3.05, 3.63) is 47.0 Å². The smallest absolute Gasteiger partial charge is 0.168 e. The van der Waals surface area contributed by atoms with Gasteiger partial charge in [0.25, 0.3) is 0 Å². The van der Waals surface area contributed by atoms with E-state index in [9.17, 15) is 0 Å². The number of ether oxygens (including phenoxy) is 3.